The second-order valence-electron chi connectivity index (χ2n) is 8.77. The Morgan fingerprint density at radius 3 is 2.44 bits per heavy atom. The minimum absolute atomic E-state index is 0.218. The van der Waals surface area contributed by atoms with Crippen molar-refractivity contribution in [2.45, 2.75) is 32.8 Å². The molecule has 1 aromatic heterocycles. The minimum atomic E-state index is -0.387. The number of nitrogens with zero attached hydrogens (tertiary/aromatic N) is 3. The van der Waals surface area contributed by atoms with E-state index in [0.29, 0.717) is 29.1 Å². The Hall–Kier alpha value is -2.29. The van der Waals surface area contributed by atoms with Gasteiger partial charge in [-0.15, -0.1) is 0 Å². The number of rotatable bonds is 5. The lowest BCUT2D eigenvalue weighted by Crippen LogP contribution is -2.29. The second-order valence-corrected chi connectivity index (χ2v) is 11.5. The van der Waals surface area contributed by atoms with E-state index in [1.54, 1.807) is 12.3 Å². The van der Waals surface area contributed by atoms with Crippen LogP contribution in [0.4, 0.5) is 0 Å². The third-order valence-corrected chi connectivity index (χ3v) is 6.83. The van der Waals surface area contributed by atoms with Crippen LogP contribution in [0.1, 0.15) is 37.7 Å². The lowest BCUT2D eigenvalue weighted by Gasteiger charge is -2.21. The van der Waals surface area contributed by atoms with Crippen molar-refractivity contribution in [1.82, 2.24) is 9.66 Å². The van der Waals surface area contributed by atoms with Gasteiger partial charge >= 0.3 is 0 Å². The van der Waals surface area contributed by atoms with Gasteiger partial charge < -0.3 is 4.74 Å². The standard InChI is InChI=1S/C26H22Br3N3O2/c1-26(2,3)25-31-22-11-10-18(27)12-20(22)24(33)32(25)30-14-16-6-4-5-7-23(16)34-15-17-8-9-19(28)13-21(17)29/h4-14H,15H2,1-3H3. The summed E-state index contributed by atoms with van der Waals surface area (Å²) >= 11 is 10.5. The molecule has 0 aliphatic rings. The van der Waals surface area contributed by atoms with Crippen LogP contribution in [0, 0.1) is 0 Å². The molecule has 3 aromatic carbocycles. The van der Waals surface area contributed by atoms with Crippen molar-refractivity contribution >= 4 is 64.9 Å². The largest absolute Gasteiger partial charge is 0.488 e. The number of hydrogen-bond acceptors (Lipinski definition) is 4. The summed E-state index contributed by atoms with van der Waals surface area (Å²) in [5.74, 6) is 1.25. The maximum absolute atomic E-state index is 13.4. The van der Waals surface area contributed by atoms with Crippen molar-refractivity contribution in [3.8, 4) is 5.75 Å². The van der Waals surface area contributed by atoms with Crippen LogP contribution >= 0.6 is 47.8 Å². The number of ether oxygens (including phenoxy) is 1. The Morgan fingerprint density at radius 2 is 1.71 bits per heavy atom. The molecule has 0 atom stereocenters. The van der Waals surface area contributed by atoms with Gasteiger partial charge in [-0.1, -0.05) is 86.8 Å². The average Bonchev–Trinajstić information content (AvgIpc) is 2.78. The summed E-state index contributed by atoms with van der Waals surface area (Å²) < 4.78 is 10.3. The molecule has 0 aliphatic heterocycles. The van der Waals surface area contributed by atoms with Crippen molar-refractivity contribution in [3.63, 3.8) is 0 Å². The van der Waals surface area contributed by atoms with Crippen LogP contribution in [-0.2, 0) is 12.0 Å². The van der Waals surface area contributed by atoms with Crippen molar-refractivity contribution < 1.29 is 4.74 Å². The first kappa shape index (κ1) is 24.8. The van der Waals surface area contributed by atoms with Crippen LogP contribution in [0.2, 0.25) is 0 Å². The highest BCUT2D eigenvalue weighted by Crippen LogP contribution is 2.26. The zero-order valence-corrected chi connectivity index (χ0v) is 23.6. The Morgan fingerprint density at radius 1 is 1.00 bits per heavy atom. The maximum Gasteiger partial charge on any atom is 0.282 e. The molecule has 4 rings (SSSR count). The molecule has 174 valence electrons. The van der Waals surface area contributed by atoms with E-state index in [-0.39, 0.29) is 11.0 Å². The summed E-state index contributed by atoms with van der Waals surface area (Å²) in [4.78, 5) is 18.1. The summed E-state index contributed by atoms with van der Waals surface area (Å²) in [6.07, 6.45) is 1.65. The molecule has 0 aliphatic carbocycles. The second kappa shape index (κ2) is 10.1. The first-order chi connectivity index (χ1) is 16.1. The number of aromatic nitrogens is 2. The van der Waals surface area contributed by atoms with Crippen LogP contribution in [0.15, 0.2) is 84.0 Å². The molecule has 0 saturated carbocycles. The van der Waals surface area contributed by atoms with Gasteiger partial charge in [-0.3, -0.25) is 4.79 Å². The van der Waals surface area contributed by atoms with Gasteiger partial charge in [0.05, 0.1) is 17.1 Å². The summed E-state index contributed by atoms with van der Waals surface area (Å²) in [6, 6.07) is 19.1. The topological polar surface area (TPSA) is 56.5 Å². The summed E-state index contributed by atoms with van der Waals surface area (Å²) in [6.45, 7) is 6.42. The van der Waals surface area contributed by atoms with E-state index < -0.39 is 0 Å². The van der Waals surface area contributed by atoms with Crippen LogP contribution < -0.4 is 10.3 Å². The van der Waals surface area contributed by atoms with Crippen LogP contribution in [0.3, 0.4) is 0 Å². The van der Waals surface area contributed by atoms with Gasteiger partial charge in [-0.25, -0.2) is 4.98 Å². The third kappa shape index (κ3) is 5.50. The third-order valence-electron chi connectivity index (χ3n) is 5.11. The smallest absolute Gasteiger partial charge is 0.282 e. The lowest BCUT2D eigenvalue weighted by atomic mass is 9.95. The van der Waals surface area contributed by atoms with Gasteiger partial charge in [0.1, 0.15) is 18.2 Å². The molecule has 0 bridgehead atoms. The quantitative estimate of drug-likeness (QED) is 0.212. The molecule has 0 amide bonds. The van der Waals surface area contributed by atoms with E-state index in [1.165, 1.54) is 4.68 Å². The fourth-order valence-electron chi connectivity index (χ4n) is 3.37. The van der Waals surface area contributed by atoms with Crippen LogP contribution in [0.5, 0.6) is 5.75 Å². The number of hydrogen-bond donors (Lipinski definition) is 0. The summed E-state index contributed by atoms with van der Waals surface area (Å²) in [5, 5.41) is 5.08. The van der Waals surface area contributed by atoms with Crippen molar-refractivity contribution in [2.75, 3.05) is 0 Å². The molecule has 34 heavy (non-hydrogen) atoms. The Bertz CT molecular complexity index is 1460. The summed E-state index contributed by atoms with van der Waals surface area (Å²) in [7, 11) is 0. The number of benzene rings is 3. The normalized spacial score (nSPS) is 11.9. The van der Waals surface area contributed by atoms with Crippen LogP contribution in [-0.4, -0.2) is 15.9 Å². The molecule has 0 saturated heterocycles. The zero-order chi connectivity index (χ0) is 24.5. The minimum Gasteiger partial charge on any atom is -0.488 e. The van der Waals surface area contributed by atoms with E-state index in [4.69, 9.17) is 9.72 Å². The SMILES string of the molecule is CC(C)(C)c1nc2ccc(Br)cc2c(=O)n1N=Cc1ccccc1OCc1ccc(Br)cc1Br. The monoisotopic (exact) mass is 645 g/mol. The van der Waals surface area contributed by atoms with Gasteiger partial charge in [0.2, 0.25) is 0 Å². The molecule has 0 spiro atoms. The Labute approximate surface area is 223 Å². The van der Waals surface area contributed by atoms with E-state index in [2.05, 4.69) is 52.9 Å². The fourth-order valence-corrected chi connectivity index (χ4v) is 4.90. The number of fused-ring (bicyclic) bond motifs is 1. The Kier molecular flexibility index (Phi) is 7.40. The first-order valence-corrected chi connectivity index (χ1v) is 12.9. The summed E-state index contributed by atoms with van der Waals surface area (Å²) in [5.41, 5.74) is 1.82. The van der Waals surface area contributed by atoms with Gasteiger partial charge in [0, 0.05) is 30.0 Å². The first-order valence-electron chi connectivity index (χ1n) is 10.6. The maximum atomic E-state index is 13.4. The van der Waals surface area contributed by atoms with Crippen molar-refractivity contribution in [2.24, 2.45) is 5.10 Å². The highest BCUT2D eigenvalue weighted by atomic mass is 79.9. The van der Waals surface area contributed by atoms with E-state index >= 15 is 0 Å². The highest BCUT2D eigenvalue weighted by Gasteiger charge is 2.23. The number of para-hydroxylation sites is 1. The molecular weight excluding hydrogens is 626 g/mol. The molecule has 0 N–H and O–H groups in total. The van der Waals surface area contributed by atoms with E-state index in [9.17, 15) is 4.79 Å². The molecular formula is C26H22Br3N3O2. The molecule has 5 nitrogen and oxygen atoms in total. The average molecular weight is 648 g/mol. The van der Waals surface area contributed by atoms with Gasteiger partial charge in [0.25, 0.3) is 5.56 Å². The van der Waals surface area contributed by atoms with E-state index in [1.807, 2.05) is 75.4 Å². The van der Waals surface area contributed by atoms with Gasteiger partial charge in [-0.2, -0.15) is 9.78 Å². The van der Waals surface area contributed by atoms with E-state index in [0.717, 1.165) is 24.5 Å². The number of halogens is 3. The predicted octanol–water partition coefficient (Wildman–Crippen LogP) is 7.44. The fraction of sp³-hybridized carbons (Fsp3) is 0.192. The van der Waals surface area contributed by atoms with Crippen molar-refractivity contribution in [3.05, 3.63) is 101 Å². The van der Waals surface area contributed by atoms with Gasteiger partial charge in [-0.05, 0) is 42.5 Å². The van der Waals surface area contributed by atoms with Crippen LogP contribution in [0.25, 0.3) is 10.9 Å². The highest BCUT2D eigenvalue weighted by molar-refractivity contribution is 9.11. The zero-order valence-electron chi connectivity index (χ0n) is 18.8. The predicted molar refractivity (Wildman–Crippen MR) is 148 cm³/mol. The van der Waals surface area contributed by atoms with Gasteiger partial charge in [0.15, 0.2) is 0 Å². The lowest BCUT2D eigenvalue weighted by molar-refractivity contribution is 0.305. The molecule has 0 fully saturated rings. The molecule has 8 heteroatoms. The van der Waals surface area contributed by atoms with Crippen molar-refractivity contribution in [1.29, 1.82) is 0 Å². The molecule has 4 aromatic rings. The molecule has 1 heterocycles. The Balaban J connectivity index is 1.72. The molecule has 0 unspecified atom stereocenters. The molecule has 0 radical (unpaired) electrons.